The number of pyridine rings is 2. The summed E-state index contributed by atoms with van der Waals surface area (Å²) in [7, 11) is 3.17. The first-order valence-electron chi connectivity index (χ1n) is 10.2. The first-order chi connectivity index (χ1) is 16.3. The smallest absolute Gasteiger partial charge is 0.413 e. The first kappa shape index (κ1) is 24.8. The Balaban J connectivity index is 1.68. The summed E-state index contributed by atoms with van der Waals surface area (Å²) in [6.45, 7) is 5.83. The van der Waals surface area contributed by atoms with E-state index in [1.165, 1.54) is 10.9 Å². The second kappa shape index (κ2) is 11.3. The molecule has 34 heavy (non-hydrogen) atoms. The maximum absolute atomic E-state index is 12.5. The summed E-state index contributed by atoms with van der Waals surface area (Å²) >= 11 is 6.07. The lowest BCUT2D eigenvalue weighted by molar-refractivity contribution is -0.113. The van der Waals surface area contributed by atoms with Gasteiger partial charge >= 0.3 is 6.09 Å². The van der Waals surface area contributed by atoms with Crippen LogP contribution in [0.3, 0.4) is 0 Å². The maximum Gasteiger partial charge on any atom is 0.413 e. The van der Waals surface area contributed by atoms with Crippen molar-refractivity contribution < 1.29 is 19.1 Å². The molecule has 2 amide bonds. The molecule has 0 aliphatic carbocycles. The predicted octanol–water partition coefficient (Wildman–Crippen LogP) is 3.77. The van der Waals surface area contributed by atoms with Crippen molar-refractivity contribution in [1.82, 2.24) is 25.0 Å². The molecule has 3 aromatic rings. The van der Waals surface area contributed by atoms with Crippen LogP contribution in [0.1, 0.15) is 25.0 Å². The molecule has 2 N–H and O–H groups in total. The van der Waals surface area contributed by atoms with Crippen LogP contribution in [0.15, 0.2) is 48.8 Å². The van der Waals surface area contributed by atoms with Crippen molar-refractivity contribution >= 4 is 35.1 Å². The normalized spacial score (nSPS) is 11.5. The van der Waals surface area contributed by atoms with Crippen LogP contribution in [0.25, 0.3) is 11.4 Å². The van der Waals surface area contributed by atoms with Gasteiger partial charge in [-0.15, -0.1) is 5.10 Å². The van der Waals surface area contributed by atoms with Crippen molar-refractivity contribution in [2.75, 3.05) is 24.4 Å². The summed E-state index contributed by atoms with van der Waals surface area (Å²) < 4.78 is 11.8. The van der Waals surface area contributed by atoms with E-state index in [9.17, 15) is 9.59 Å². The Morgan fingerprint density at radius 3 is 2.71 bits per heavy atom. The Morgan fingerprint density at radius 1 is 1.24 bits per heavy atom. The number of aryl methyl sites for hydroxylation is 1. The number of hydrogen-bond donors (Lipinski definition) is 2. The Kier molecular flexibility index (Phi) is 8.28. The average molecular weight is 486 g/mol. The van der Waals surface area contributed by atoms with Gasteiger partial charge in [-0.3, -0.25) is 15.1 Å². The fourth-order valence-electron chi connectivity index (χ4n) is 2.89. The molecule has 12 heteroatoms. The molecule has 11 nitrogen and oxygen atoms in total. The van der Waals surface area contributed by atoms with Gasteiger partial charge < -0.3 is 14.8 Å². The van der Waals surface area contributed by atoms with Crippen molar-refractivity contribution in [2.24, 2.45) is 7.05 Å². The molecule has 0 spiro atoms. The fourth-order valence-corrected chi connectivity index (χ4v) is 3.16. The van der Waals surface area contributed by atoms with E-state index in [1.807, 2.05) is 0 Å². The minimum atomic E-state index is -0.725. The zero-order chi connectivity index (χ0) is 24.7. The summed E-state index contributed by atoms with van der Waals surface area (Å²) in [5.41, 5.74) is 2.21. The Bertz CT molecular complexity index is 1180. The number of carbonyl (C=O) groups excluding carboxylic acids is 2. The Morgan fingerprint density at radius 2 is 2.03 bits per heavy atom. The zero-order valence-electron chi connectivity index (χ0n) is 18.9. The fraction of sp³-hybridized carbons (Fsp3) is 0.273. The third kappa shape index (κ3) is 6.15. The van der Waals surface area contributed by atoms with Gasteiger partial charge in [-0.25, -0.2) is 14.5 Å². The van der Waals surface area contributed by atoms with Gasteiger partial charge in [0, 0.05) is 37.9 Å². The summed E-state index contributed by atoms with van der Waals surface area (Å²) in [4.78, 5) is 33.0. The molecule has 0 fully saturated rings. The number of carbonyl (C=O) groups is 2. The number of amides is 2. The lowest BCUT2D eigenvalue weighted by atomic mass is 10.2. The zero-order valence-corrected chi connectivity index (χ0v) is 19.7. The third-order valence-electron chi connectivity index (χ3n) is 4.75. The van der Waals surface area contributed by atoms with Crippen LogP contribution in [-0.2, 0) is 21.3 Å². The summed E-state index contributed by atoms with van der Waals surface area (Å²) in [5, 5.41) is 13.6. The monoisotopic (exact) mass is 485 g/mol. The van der Waals surface area contributed by atoms with Gasteiger partial charge in [-0.05, 0) is 25.1 Å². The second-order valence-electron chi connectivity index (χ2n) is 7.20. The van der Waals surface area contributed by atoms with Crippen LogP contribution in [0, 0.1) is 0 Å². The quantitative estimate of drug-likeness (QED) is 0.345. The topological polar surface area (TPSA) is 133 Å². The molecule has 3 aromatic heterocycles. The molecule has 1 atom stereocenters. The number of anilines is 2. The van der Waals surface area contributed by atoms with Gasteiger partial charge in [-0.2, -0.15) is 0 Å². The number of hydrogen-bond acceptors (Lipinski definition) is 8. The minimum absolute atomic E-state index is 0.254. The lowest BCUT2D eigenvalue weighted by Crippen LogP contribution is -2.18. The molecule has 0 aliphatic heterocycles. The van der Waals surface area contributed by atoms with Crippen molar-refractivity contribution in [1.29, 1.82) is 0 Å². The third-order valence-corrected chi connectivity index (χ3v) is 5.07. The second-order valence-corrected chi connectivity index (χ2v) is 7.56. The number of halogens is 1. The molecule has 178 valence electrons. The van der Waals surface area contributed by atoms with E-state index < -0.39 is 12.2 Å². The van der Waals surface area contributed by atoms with Gasteiger partial charge in [0.05, 0.1) is 24.2 Å². The lowest BCUT2D eigenvalue weighted by Gasteiger charge is -2.15. The van der Waals surface area contributed by atoms with Gasteiger partial charge in [0.15, 0.2) is 11.5 Å². The minimum Gasteiger partial charge on any atom is -0.441 e. The summed E-state index contributed by atoms with van der Waals surface area (Å²) in [6.07, 6.45) is 2.08. The molecule has 0 aromatic carbocycles. The van der Waals surface area contributed by atoms with Crippen LogP contribution in [0.5, 0.6) is 0 Å². The van der Waals surface area contributed by atoms with Crippen LogP contribution in [0.2, 0.25) is 5.15 Å². The number of aromatic nitrogens is 5. The molecule has 0 saturated heterocycles. The van der Waals surface area contributed by atoms with Gasteiger partial charge in [0.1, 0.15) is 11.3 Å². The van der Waals surface area contributed by atoms with Gasteiger partial charge in [0.25, 0.3) is 5.91 Å². The molecule has 0 radical (unpaired) electrons. The van der Waals surface area contributed by atoms with Crippen molar-refractivity contribution in [3.05, 3.63) is 59.5 Å². The number of ether oxygens (including phenoxy) is 2. The number of nitrogens with zero attached hydrogens (tertiary/aromatic N) is 5. The summed E-state index contributed by atoms with van der Waals surface area (Å²) in [6, 6.07) is 6.73. The first-order valence-corrected chi connectivity index (χ1v) is 10.6. The van der Waals surface area contributed by atoms with Crippen LogP contribution in [0.4, 0.5) is 16.3 Å². The highest BCUT2D eigenvalue weighted by atomic mass is 35.5. The molecule has 0 saturated carbocycles. The van der Waals surface area contributed by atoms with E-state index in [-0.39, 0.29) is 16.9 Å². The van der Waals surface area contributed by atoms with Crippen LogP contribution >= 0.6 is 11.6 Å². The largest absolute Gasteiger partial charge is 0.441 e. The maximum atomic E-state index is 12.5. The molecule has 3 heterocycles. The molecule has 0 bridgehead atoms. The van der Waals surface area contributed by atoms with E-state index in [4.69, 9.17) is 21.1 Å². The van der Waals surface area contributed by atoms with Gasteiger partial charge in [0.2, 0.25) is 0 Å². The SMILES string of the molecule is C=C(CCOC)C(=O)Nc1ccc(-c2nnn(C)c2NC(=O)O[C@H](C)c2cccnc2Cl)nc1. The molecule has 0 aliphatic rings. The van der Waals surface area contributed by atoms with E-state index in [1.54, 1.807) is 51.5 Å². The average Bonchev–Trinajstić information content (AvgIpc) is 3.17. The standard InChI is InChI=1S/C22H24ClN7O4/c1-13(9-11-33-4)21(31)26-15-7-8-17(25-12-15)18-20(30(3)29-28-18)27-22(32)34-14(2)16-6-5-10-24-19(16)23/h5-8,10,12,14H,1,9,11H2,2-4H3,(H,26,31)(H,27,32)/t14-/m1/s1. The molecular formula is C22H24ClN7O4. The van der Waals surface area contributed by atoms with Crippen molar-refractivity contribution in [3.63, 3.8) is 0 Å². The van der Waals surface area contributed by atoms with Crippen molar-refractivity contribution in [3.8, 4) is 11.4 Å². The van der Waals surface area contributed by atoms with Gasteiger partial charge in [-0.1, -0.05) is 29.5 Å². The Hall–Kier alpha value is -3.83. The predicted molar refractivity (Wildman–Crippen MR) is 126 cm³/mol. The number of nitrogens with one attached hydrogen (secondary N) is 2. The Labute approximate surface area is 201 Å². The van der Waals surface area contributed by atoms with E-state index >= 15 is 0 Å². The highest BCUT2D eigenvalue weighted by Crippen LogP contribution is 2.26. The highest BCUT2D eigenvalue weighted by Gasteiger charge is 2.20. The van der Waals surface area contributed by atoms with E-state index in [0.717, 1.165) is 0 Å². The van der Waals surface area contributed by atoms with Crippen LogP contribution < -0.4 is 10.6 Å². The number of rotatable bonds is 9. The highest BCUT2D eigenvalue weighted by molar-refractivity contribution is 6.30. The van der Waals surface area contributed by atoms with Crippen molar-refractivity contribution in [2.45, 2.75) is 19.4 Å². The van der Waals surface area contributed by atoms with E-state index in [0.29, 0.717) is 41.2 Å². The van der Waals surface area contributed by atoms with E-state index in [2.05, 4.69) is 37.5 Å². The molecule has 0 unspecified atom stereocenters. The number of methoxy groups -OCH3 is 1. The summed E-state index contributed by atoms with van der Waals surface area (Å²) in [5.74, 6) is -0.0363. The molecular weight excluding hydrogens is 462 g/mol. The van der Waals surface area contributed by atoms with Crippen LogP contribution in [-0.4, -0.2) is 50.7 Å². The molecule has 3 rings (SSSR count).